The van der Waals surface area contributed by atoms with Crippen molar-refractivity contribution in [3.8, 4) is 0 Å². The summed E-state index contributed by atoms with van der Waals surface area (Å²) < 4.78 is 5.22. The van der Waals surface area contributed by atoms with Gasteiger partial charge in [-0.15, -0.1) is 11.8 Å². The number of nitrogens with one attached hydrogen (secondary N) is 2. The molecule has 0 radical (unpaired) electrons. The lowest BCUT2D eigenvalue weighted by Crippen LogP contribution is -2.25. The molecule has 154 valence electrons. The molecule has 0 aliphatic heterocycles. The highest BCUT2D eigenvalue weighted by atomic mass is 32.2. The van der Waals surface area contributed by atoms with Crippen molar-refractivity contribution in [1.29, 1.82) is 0 Å². The molecular formula is C23H23N3O3S. The second kappa shape index (κ2) is 8.75. The summed E-state index contributed by atoms with van der Waals surface area (Å²) in [4.78, 5) is 25.9. The SMILES string of the molecule is Cc1noc(C)c1CSc1ccccc1C(=O)Nc1ccc(C(=O)NC2CC2)cc1. The van der Waals surface area contributed by atoms with Crippen molar-refractivity contribution in [3.05, 3.63) is 76.7 Å². The van der Waals surface area contributed by atoms with Gasteiger partial charge >= 0.3 is 0 Å². The Labute approximate surface area is 179 Å². The third-order valence-electron chi connectivity index (χ3n) is 5.00. The molecule has 2 aromatic carbocycles. The summed E-state index contributed by atoms with van der Waals surface area (Å²) in [5, 5.41) is 9.86. The smallest absolute Gasteiger partial charge is 0.256 e. The maximum absolute atomic E-state index is 12.9. The normalized spacial score (nSPS) is 13.1. The van der Waals surface area contributed by atoms with E-state index < -0.39 is 0 Å². The van der Waals surface area contributed by atoms with E-state index in [0.29, 0.717) is 28.6 Å². The van der Waals surface area contributed by atoms with Crippen LogP contribution in [0.2, 0.25) is 0 Å². The van der Waals surface area contributed by atoms with Gasteiger partial charge in [0, 0.05) is 33.5 Å². The second-order valence-corrected chi connectivity index (χ2v) is 8.38. The Morgan fingerprint density at radius 1 is 1.07 bits per heavy atom. The van der Waals surface area contributed by atoms with Crippen molar-refractivity contribution in [2.24, 2.45) is 0 Å². The van der Waals surface area contributed by atoms with E-state index in [0.717, 1.165) is 34.8 Å². The topological polar surface area (TPSA) is 84.2 Å². The molecule has 6 nitrogen and oxygen atoms in total. The Balaban J connectivity index is 1.42. The zero-order valence-corrected chi connectivity index (χ0v) is 17.7. The fraction of sp³-hybridized carbons (Fsp3) is 0.261. The number of anilines is 1. The zero-order valence-electron chi connectivity index (χ0n) is 16.9. The number of amides is 2. The first kappa shape index (κ1) is 20.2. The summed E-state index contributed by atoms with van der Waals surface area (Å²) in [6, 6.07) is 14.8. The van der Waals surface area contributed by atoms with E-state index in [1.165, 1.54) is 0 Å². The molecule has 2 amide bonds. The molecule has 0 atom stereocenters. The molecule has 30 heavy (non-hydrogen) atoms. The van der Waals surface area contributed by atoms with E-state index >= 15 is 0 Å². The van der Waals surface area contributed by atoms with Crippen LogP contribution >= 0.6 is 11.8 Å². The summed E-state index contributed by atoms with van der Waals surface area (Å²) in [6.07, 6.45) is 2.10. The van der Waals surface area contributed by atoms with Crippen LogP contribution in [0.25, 0.3) is 0 Å². The molecule has 1 saturated carbocycles. The molecule has 1 heterocycles. The van der Waals surface area contributed by atoms with Crippen molar-refractivity contribution in [3.63, 3.8) is 0 Å². The number of hydrogen-bond acceptors (Lipinski definition) is 5. The minimum Gasteiger partial charge on any atom is -0.361 e. The molecule has 4 rings (SSSR count). The minimum atomic E-state index is -0.188. The third-order valence-corrected chi connectivity index (χ3v) is 6.10. The number of hydrogen-bond donors (Lipinski definition) is 2. The maximum atomic E-state index is 12.9. The number of thioether (sulfide) groups is 1. The first-order chi connectivity index (χ1) is 14.5. The fourth-order valence-electron chi connectivity index (χ4n) is 3.04. The molecule has 1 aromatic heterocycles. The summed E-state index contributed by atoms with van der Waals surface area (Å²) in [6.45, 7) is 3.81. The van der Waals surface area contributed by atoms with Gasteiger partial charge in [-0.1, -0.05) is 17.3 Å². The highest BCUT2D eigenvalue weighted by Crippen LogP contribution is 2.29. The summed E-state index contributed by atoms with van der Waals surface area (Å²) in [5.41, 5.74) is 3.76. The Morgan fingerprint density at radius 3 is 2.47 bits per heavy atom. The van der Waals surface area contributed by atoms with Crippen molar-refractivity contribution in [2.45, 2.75) is 43.4 Å². The average molecular weight is 422 g/mol. The van der Waals surface area contributed by atoms with Crippen LogP contribution in [0.3, 0.4) is 0 Å². The Hall–Kier alpha value is -3.06. The summed E-state index contributed by atoms with van der Waals surface area (Å²) in [7, 11) is 0. The summed E-state index contributed by atoms with van der Waals surface area (Å²) >= 11 is 1.58. The number of nitrogens with zero attached hydrogens (tertiary/aromatic N) is 1. The molecule has 0 spiro atoms. The Kier molecular flexibility index (Phi) is 5.90. The number of benzene rings is 2. The van der Waals surface area contributed by atoms with Crippen LogP contribution in [0.5, 0.6) is 0 Å². The van der Waals surface area contributed by atoms with Crippen molar-refractivity contribution >= 4 is 29.3 Å². The predicted molar refractivity (Wildman–Crippen MR) is 117 cm³/mol. The average Bonchev–Trinajstić information content (AvgIpc) is 3.51. The fourth-order valence-corrected chi connectivity index (χ4v) is 4.24. The van der Waals surface area contributed by atoms with Crippen LogP contribution in [-0.2, 0) is 5.75 Å². The van der Waals surface area contributed by atoms with Gasteiger partial charge in [-0.05, 0) is 63.1 Å². The monoisotopic (exact) mass is 421 g/mol. The zero-order chi connectivity index (χ0) is 21.1. The molecule has 0 bridgehead atoms. The highest BCUT2D eigenvalue weighted by molar-refractivity contribution is 7.98. The lowest BCUT2D eigenvalue weighted by atomic mass is 10.1. The van der Waals surface area contributed by atoms with Gasteiger partial charge in [0.1, 0.15) is 5.76 Å². The van der Waals surface area contributed by atoms with Gasteiger partial charge in [0.05, 0.1) is 11.3 Å². The van der Waals surface area contributed by atoms with Crippen LogP contribution < -0.4 is 10.6 Å². The largest absolute Gasteiger partial charge is 0.361 e. The van der Waals surface area contributed by atoms with Gasteiger partial charge in [0.25, 0.3) is 11.8 Å². The number of rotatable bonds is 7. The quantitative estimate of drug-likeness (QED) is 0.539. The van der Waals surface area contributed by atoms with Gasteiger partial charge in [-0.2, -0.15) is 0 Å². The standard InChI is InChI=1S/C23H23N3O3S/c1-14-20(15(2)29-26-14)13-30-21-6-4-3-5-19(21)23(28)25-17-9-7-16(8-10-17)22(27)24-18-11-12-18/h3-10,18H,11-13H2,1-2H3,(H,24,27)(H,25,28). The van der Waals surface area contributed by atoms with Gasteiger partial charge < -0.3 is 15.2 Å². The van der Waals surface area contributed by atoms with Crippen LogP contribution in [0.1, 0.15) is 50.6 Å². The van der Waals surface area contributed by atoms with Gasteiger partial charge in [-0.3, -0.25) is 9.59 Å². The second-order valence-electron chi connectivity index (χ2n) is 7.37. The highest BCUT2D eigenvalue weighted by Gasteiger charge is 2.23. The van der Waals surface area contributed by atoms with E-state index in [2.05, 4.69) is 15.8 Å². The molecule has 3 aromatic rings. The van der Waals surface area contributed by atoms with Crippen molar-refractivity contribution in [2.75, 3.05) is 5.32 Å². The summed E-state index contributed by atoms with van der Waals surface area (Å²) in [5.74, 6) is 1.22. The lowest BCUT2D eigenvalue weighted by molar-refractivity contribution is 0.0950. The van der Waals surface area contributed by atoms with Gasteiger partial charge in [0.15, 0.2) is 0 Å². The molecule has 1 aliphatic carbocycles. The maximum Gasteiger partial charge on any atom is 0.256 e. The molecule has 0 unspecified atom stereocenters. The Morgan fingerprint density at radius 2 is 1.80 bits per heavy atom. The van der Waals surface area contributed by atoms with Crippen LogP contribution in [0.4, 0.5) is 5.69 Å². The first-order valence-electron chi connectivity index (χ1n) is 9.87. The molecule has 0 saturated heterocycles. The number of carbonyl (C=O) groups excluding carboxylic acids is 2. The van der Waals surface area contributed by atoms with Crippen molar-refractivity contribution in [1.82, 2.24) is 10.5 Å². The van der Waals surface area contributed by atoms with E-state index in [1.54, 1.807) is 36.0 Å². The van der Waals surface area contributed by atoms with E-state index in [-0.39, 0.29) is 11.8 Å². The van der Waals surface area contributed by atoms with E-state index in [1.807, 2.05) is 38.1 Å². The van der Waals surface area contributed by atoms with E-state index in [4.69, 9.17) is 4.52 Å². The first-order valence-corrected chi connectivity index (χ1v) is 10.9. The molecule has 1 fully saturated rings. The van der Waals surface area contributed by atoms with E-state index in [9.17, 15) is 9.59 Å². The number of aryl methyl sites for hydroxylation is 2. The van der Waals surface area contributed by atoms with Crippen LogP contribution in [0, 0.1) is 13.8 Å². The minimum absolute atomic E-state index is 0.0727. The van der Waals surface area contributed by atoms with Crippen LogP contribution in [-0.4, -0.2) is 23.0 Å². The van der Waals surface area contributed by atoms with Crippen molar-refractivity contribution < 1.29 is 14.1 Å². The van der Waals surface area contributed by atoms with Gasteiger partial charge in [0.2, 0.25) is 0 Å². The molecular weight excluding hydrogens is 398 g/mol. The predicted octanol–water partition coefficient (Wildman–Crippen LogP) is 4.73. The molecule has 2 N–H and O–H groups in total. The Bertz CT molecular complexity index is 1050. The number of carbonyl (C=O) groups is 2. The molecule has 1 aliphatic rings. The third kappa shape index (κ3) is 4.74. The lowest BCUT2D eigenvalue weighted by Gasteiger charge is -2.10. The number of aromatic nitrogens is 1. The molecule has 7 heteroatoms. The van der Waals surface area contributed by atoms with Gasteiger partial charge in [-0.25, -0.2) is 0 Å². The van der Waals surface area contributed by atoms with Crippen LogP contribution in [0.15, 0.2) is 57.9 Å².